The van der Waals surface area contributed by atoms with Crippen LogP contribution in [0.2, 0.25) is 0 Å². The van der Waals surface area contributed by atoms with E-state index < -0.39 is 0 Å². The zero-order valence-electron chi connectivity index (χ0n) is 10.8. The van der Waals surface area contributed by atoms with Gasteiger partial charge in [0.25, 0.3) is 0 Å². The summed E-state index contributed by atoms with van der Waals surface area (Å²) in [5.74, 6) is 1.72. The third-order valence-electron chi connectivity index (χ3n) is 2.33. The van der Waals surface area contributed by atoms with Gasteiger partial charge in [0.15, 0.2) is 5.82 Å². The van der Waals surface area contributed by atoms with Crippen molar-refractivity contribution in [1.29, 1.82) is 0 Å². The molecule has 0 aliphatic heterocycles. The Morgan fingerprint density at radius 3 is 2.83 bits per heavy atom. The van der Waals surface area contributed by atoms with Gasteiger partial charge in [-0.15, -0.1) is 11.8 Å². The summed E-state index contributed by atoms with van der Waals surface area (Å²) in [6.07, 6.45) is 0. The van der Waals surface area contributed by atoms with Crippen molar-refractivity contribution in [1.82, 2.24) is 9.36 Å². The van der Waals surface area contributed by atoms with Crippen LogP contribution >= 0.6 is 23.3 Å². The normalized spacial score (nSPS) is 10.9. The lowest BCUT2D eigenvalue weighted by molar-refractivity contribution is 0.894. The van der Waals surface area contributed by atoms with Crippen molar-refractivity contribution in [3.8, 4) is 0 Å². The Bertz CT molecular complexity index is 508. The van der Waals surface area contributed by atoms with Gasteiger partial charge >= 0.3 is 0 Å². The van der Waals surface area contributed by atoms with E-state index in [-0.39, 0.29) is 0 Å². The van der Waals surface area contributed by atoms with Crippen LogP contribution in [0.5, 0.6) is 0 Å². The summed E-state index contributed by atoms with van der Waals surface area (Å²) in [7, 11) is 0. The van der Waals surface area contributed by atoms with Crippen LogP contribution in [0.3, 0.4) is 0 Å². The fourth-order valence-corrected chi connectivity index (χ4v) is 3.18. The number of hydrogen-bond acceptors (Lipinski definition) is 5. The van der Waals surface area contributed by atoms with E-state index in [4.69, 9.17) is 0 Å². The molecule has 0 radical (unpaired) electrons. The van der Waals surface area contributed by atoms with E-state index in [1.807, 2.05) is 0 Å². The molecule has 96 valence electrons. The average molecular weight is 279 g/mol. The molecule has 0 saturated heterocycles. The average Bonchev–Trinajstić information content (AvgIpc) is 2.75. The summed E-state index contributed by atoms with van der Waals surface area (Å²) in [6.45, 7) is 6.33. The fourth-order valence-electron chi connectivity index (χ4n) is 1.48. The highest BCUT2D eigenvalue weighted by Crippen LogP contribution is 2.25. The van der Waals surface area contributed by atoms with E-state index >= 15 is 0 Å². The van der Waals surface area contributed by atoms with E-state index in [2.05, 4.69) is 59.7 Å². The molecule has 0 fully saturated rings. The van der Waals surface area contributed by atoms with Gasteiger partial charge in [-0.25, -0.2) is 4.98 Å². The third-order valence-corrected chi connectivity index (χ3v) is 4.19. The number of aryl methyl sites for hydroxylation is 1. The van der Waals surface area contributed by atoms with E-state index in [0.29, 0.717) is 6.04 Å². The van der Waals surface area contributed by atoms with Crippen LogP contribution in [0.1, 0.15) is 25.2 Å². The highest BCUT2D eigenvalue weighted by molar-refractivity contribution is 7.98. The number of thioether (sulfide) groups is 1. The van der Waals surface area contributed by atoms with Gasteiger partial charge in [-0.05, 0) is 32.4 Å². The molecule has 3 nitrogen and oxygen atoms in total. The molecule has 0 saturated carbocycles. The Hall–Kier alpha value is -1.07. The van der Waals surface area contributed by atoms with Gasteiger partial charge in [-0.1, -0.05) is 18.2 Å². The smallest absolute Gasteiger partial charge is 0.202 e. The summed E-state index contributed by atoms with van der Waals surface area (Å²) in [5, 5.41) is 4.18. The summed E-state index contributed by atoms with van der Waals surface area (Å²) < 4.78 is 4.36. The molecule has 0 atom stereocenters. The van der Waals surface area contributed by atoms with Crippen molar-refractivity contribution in [2.45, 2.75) is 37.5 Å². The van der Waals surface area contributed by atoms with Crippen LogP contribution in [0, 0.1) is 6.92 Å². The Kier molecular flexibility index (Phi) is 4.60. The van der Waals surface area contributed by atoms with Crippen molar-refractivity contribution in [3.05, 3.63) is 35.7 Å². The number of anilines is 1. The maximum atomic E-state index is 4.47. The van der Waals surface area contributed by atoms with Crippen LogP contribution in [0.15, 0.2) is 29.2 Å². The van der Waals surface area contributed by atoms with E-state index in [0.717, 1.165) is 16.7 Å². The predicted molar refractivity (Wildman–Crippen MR) is 79.4 cm³/mol. The Morgan fingerprint density at radius 2 is 2.11 bits per heavy atom. The fraction of sp³-hybridized carbons (Fsp3) is 0.385. The Morgan fingerprint density at radius 1 is 1.33 bits per heavy atom. The molecule has 1 aromatic carbocycles. The molecule has 1 heterocycles. The summed E-state index contributed by atoms with van der Waals surface area (Å²) in [6, 6.07) is 8.79. The molecule has 0 amide bonds. The topological polar surface area (TPSA) is 37.8 Å². The molecule has 0 aliphatic rings. The maximum Gasteiger partial charge on any atom is 0.202 e. The van der Waals surface area contributed by atoms with Gasteiger partial charge in [-0.2, -0.15) is 4.37 Å². The van der Waals surface area contributed by atoms with Gasteiger partial charge in [0.1, 0.15) is 0 Å². The molecule has 0 bridgehead atoms. The minimum atomic E-state index is 0.398. The molecule has 2 aromatic rings. The monoisotopic (exact) mass is 279 g/mol. The summed E-state index contributed by atoms with van der Waals surface area (Å²) in [4.78, 5) is 5.77. The number of benzene rings is 1. The number of nitrogens with one attached hydrogen (secondary N) is 1. The molecular weight excluding hydrogens is 262 g/mol. The first-order chi connectivity index (χ1) is 8.65. The van der Waals surface area contributed by atoms with Gasteiger partial charge in [0.2, 0.25) is 5.13 Å². The van der Waals surface area contributed by atoms with Crippen molar-refractivity contribution >= 4 is 28.4 Å². The van der Waals surface area contributed by atoms with Crippen LogP contribution in [-0.2, 0) is 5.75 Å². The van der Waals surface area contributed by atoms with Crippen molar-refractivity contribution < 1.29 is 0 Å². The molecule has 0 spiro atoms. The van der Waals surface area contributed by atoms with Crippen molar-refractivity contribution in [3.63, 3.8) is 0 Å². The first-order valence-electron chi connectivity index (χ1n) is 5.92. The third kappa shape index (κ3) is 3.71. The van der Waals surface area contributed by atoms with Crippen LogP contribution in [0.25, 0.3) is 0 Å². The second-order valence-electron chi connectivity index (χ2n) is 4.37. The quantitative estimate of drug-likeness (QED) is 0.841. The number of nitrogens with zero attached hydrogens (tertiary/aromatic N) is 2. The lowest BCUT2D eigenvalue weighted by Gasteiger charge is -2.04. The van der Waals surface area contributed by atoms with Gasteiger partial charge in [-0.3, -0.25) is 0 Å². The van der Waals surface area contributed by atoms with Gasteiger partial charge in [0, 0.05) is 22.5 Å². The molecule has 0 aliphatic carbocycles. The van der Waals surface area contributed by atoms with Crippen LogP contribution in [-0.4, -0.2) is 15.4 Å². The first-order valence-corrected chi connectivity index (χ1v) is 7.68. The SMILES string of the molecule is Cc1ccccc1SCc1nsc(NC(C)C)n1. The van der Waals surface area contributed by atoms with E-state index in [1.54, 1.807) is 11.8 Å². The zero-order chi connectivity index (χ0) is 13.0. The lowest BCUT2D eigenvalue weighted by Crippen LogP contribution is -2.09. The standard InChI is InChI=1S/C13H17N3S2/c1-9(2)14-13-15-12(16-18-13)8-17-11-7-5-4-6-10(11)3/h4-7,9H,8H2,1-3H3,(H,14,15,16). The largest absolute Gasteiger partial charge is 0.358 e. The minimum Gasteiger partial charge on any atom is -0.358 e. The second-order valence-corrected chi connectivity index (χ2v) is 6.14. The predicted octanol–water partition coefficient (Wildman–Crippen LogP) is 3.96. The highest BCUT2D eigenvalue weighted by Gasteiger charge is 2.06. The Balaban J connectivity index is 1.94. The number of aromatic nitrogens is 2. The zero-order valence-corrected chi connectivity index (χ0v) is 12.4. The van der Waals surface area contributed by atoms with Crippen LogP contribution in [0.4, 0.5) is 5.13 Å². The molecule has 5 heteroatoms. The Labute approximate surface area is 116 Å². The lowest BCUT2D eigenvalue weighted by atomic mass is 10.2. The summed E-state index contributed by atoms with van der Waals surface area (Å²) >= 11 is 3.22. The molecule has 2 rings (SSSR count). The van der Waals surface area contributed by atoms with E-state index in [9.17, 15) is 0 Å². The molecule has 0 unspecified atom stereocenters. The number of rotatable bonds is 5. The summed E-state index contributed by atoms with van der Waals surface area (Å²) in [5.41, 5.74) is 1.30. The van der Waals surface area contributed by atoms with Gasteiger partial charge < -0.3 is 5.32 Å². The maximum absolute atomic E-state index is 4.47. The van der Waals surface area contributed by atoms with E-state index in [1.165, 1.54) is 22.0 Å². The second kappa shape index (κ2) is 6.20. The van der Waals surface area contributed by atoms with Crippen LogP contribution < -0.4 is 5.32 Å². The molecule has 1 N–H and O–H groups in total. The minimum absolute atomic E-state index is 0.398. The molecule has 1 aromatic heterocycles. The van der Waals surface area contributed by atoms with Gasteiger partial charge in [0.05, 0.1) is 5.75 Å². The first kappa shape index (κ1) is 13.4. The molecule has 18 heavy (non-hydrogen) atoms. The highest BCUT2D eigenvalue weighted by atomic mass is 32.2. The van der Waals surface area contributed by atoms with Crippen molar-refractivity contribution in [2.24, 2.45) is 0 Å². The molecular formula is C13H17N3S2. The number of hydrogen-bond donors (Lipinski definition) is 1. The van der Waals surface area contributed by atoms with Crippen molar-refractivity contribution in [2.75, 3.05) is 5.32 Å².